The number of carboxylic acids is 1. The topological polar surface area (TPSA) is 92.2 Å². The number of aromatic carboxylic acids is 1. The SMILES string of the molecule is O=C(O)c1cccc(Cn2c(=O)[nH]c(=O)c3c(Cl)cccc32)c1. The number of H-pyrrole nitrogens is 1. The normalized spacial score (nSPS) is 10.8. The van der Waals surface area contributed by atoms with Crippen molar-refractivity contribution >= 4 is 28.5 Å². The Bertz CT molecular complexity index is 1040. The van der Waals surface area contributed by atoms with Gasteiger partial charge in [0.05, 0.1) is 28.0 Å². The number of rotatable bonds is 3. The number of hydrogen-bond acceptors (Lipinski definition) is 3. The lowest BCUT2D eigenvalue weighted by Gasteiger charge is -2.10. The molecule has 0 amide bonds. The average Bonchev–Trinajstić information content (AvgIpc) is 2.51. The smallest absolute Gasteiger partial charge is 0.335 e. The zero-order valence-electron chi connectivity index (χ0n) is 11.7. The molecular formula is C16H11ClN2O4. The first-order valence-corrected chi connectivity index (χ1v) is 7.09. The number of fused-ring (bicyclic) bond motifs is 1. The van der Waals surface area contributed by atoms with Crippen LogP contribution in [-0.2, 0) is 6.54 Å². The summed E-state index contributed by atoms with van der Waals surface area (Å²) < 4.78 is 1.35. The van der Waals surface area contributed by atoms with Crippen LogP contribution in [0.3, 0.4) is 0 Å². The van der Waals surface area contributed by atoms with Crippen molar-refractivity contribution in [2.45, 2.75) is 6.54 Å². The standard InChI is InChI=1S/C16H11ClN2O4/c17-11-5-2-6-12-13(11)14(20)18-16(23)19(12)8-9-3-1-4-10(7-9)15(21)22/h1-7H,8H2,(H,21,22)(H,18,20,23). The third-order valence-electron chi connectivity index (χ3n) is 3.49. The van der Waals surface area contributed by atoms with Crippen LogP contribution in [0.2, 0.25) is 5.02 Å². The molecule has 1 aromatic heterocycles. The summed E-state index contributed by atoms with van der Waals surface area (Å²) in [5, 5.41) is 9.51. The van der Waals surface area contributed by atoms with Gasteiger partial charge in [-0.15, -0.1) is 0 Å². The van der Waals surface area contributed by atoms with Gasteiger partial charge in [-0.25, -0.2) is 9.59 Å². The average molecular weight is 331 g/mol. The van der Waals surface area contributed by atoms with E-state index in [4.69, 9.17) is 16.7 Å². The van der Waals surface area contributed by atoms with E-state index in [2.05, 4.69) is 4.98 Å². The van der Waals surface area contributed by atoms with Gasteiger partial charge in [-0.05, 0) is 29.8 Å². The maximum atomic E-state index is 12.1. The molecular weight excluding hydrogens is 320 g/mol. The molecule has 116 valence electrons. The Morgan fingerprint density at radius 2 is 1.91 bits per heavy atom. The third-order valence-corrected chi connectivity index (χ3v) is 3.80. The Morgan fingerprint density at radius 1 is 1.17 bits per heavy atom. The Kier molecular flexibility index (Phi) is 3.75. The summed E-state index contributed by atoms with van der Waals surface area (Å²) in [7, 11) is 0. The second-order valence-electron chi connectivity index (χ2n) is 4.98. The first kappa shape index (κ1) is 15.1. The highest BCUT2D eigenvalue weighted by molar-refractivity contribution is 6.35. The van der Waals surface area contributed by atoms with E-state index >= 15 is 0 Å². The highest BCUT2D eigenvalue weighted by Crippen LogP contribution is 2.19. The molecule has 0 aliphatic heterocycles. The van der Waals surface area contributed by atoms with Gasteiger partial charge in [0.2, 0.25) is 0 Å². The fourth-order valence-corrected chi connectivity index (χ4v) is 2.70. The van der Waals surface area contributed by atoms with Crippen molar-refractivity contribution in [3.8, 4) is 0 Å². The van der Waals surface area contributed by atoms with Crippen LogP contribution < -0.4 is 11.2 Å². The summed E-state index contributed by atoms with van der Waals surface area (Å²) >= 11 is 6.04. The number of hydrogen-bond donors (Lipinski definition) is 2. The van der Waals surface area contributed by atoms with Crippen molar-refractivity contribution in [1.82, 2.24) is 9.55 Å². The van der Waals surface area contributed by atoms with E-state index in [0.717, 1.165) is 0 Å². The monoisotopic (exact) mass is 330 g/mol. The van der Waals surface area contributed by atoms with Crippen molar-refractivity contribution in [1.29, 1.82) is 0 Å². The Hall–Kier alpha value is -2.86. The van der Waals surface area contributed by atoms with Crippen LogP contribution in [0.15, 0.2) is 52.1 Å². The summed E-state index contributed by atoms with van der Waals surface area (Å²) in [6, 6.07) is 11.1. The Balaban J connectivity index is 2.20. The number of nitrogens with zero attached hydrogens (tertiary/aromatic N) is 1. The second-order valence-corrected chi connectivity index (χ2v) is 5.39. The highest BCUT2D eigenvalue weighted by atomic mass is 35.5. The molecule has 3 aromatic rings. The van der Waals surface area contributed by atoms with Gasteiger partial charge in [0, 0.05) is 0 Å². The fraction of sp³-hybridized carbons (Fsp3) is 0.0625. The van der Waals surface area contributed by atoms with Gasteiger partial charge in [0.25, 0.3) is 5.56 Å². The Morgan fingerprint density at radius 3 is 2.65 bits per heavy atom. The summed E-state index contributed by atoms with van der Waals surface area (Å²) in [5.41, 5.74) is 0.0197. The highest BCUT2D eigenvalue weighted by Gasteiger charge is 2.11. The molecule has 0 saturated carbocycles. The molecule has 0 aliphatic rings. The molecule has 2 N–H and O–H groups in total. The Labute approximate surface area is 134 Å². The largest absolute Gasteiger partial charge is 0.478 e. The van der Waals surface area contributed by atoms with Crippen LogP contribution in [0.1, 0.15) is 15.9 Å². The van der Waals surface area contributed by atoms with E-state index in [-0.39, 0.29) is 22.5 Å². The summed E-state index contributed by atoms with van der Waals surface area (Å²) in [4.78, 5) is 37.3. The molecule has 2 aromatic carbocycles. The van der Waals surface area contributed by atoms with Gasteiger partial charge < -0.3 is 5.11 Å². The zero-order chi connectivity index (χ0) is 16.6. The van der Waals surface area contributed by atoms with E-state index in [1.807, 2.05) is 0 Å². The van der Waals surface area contributed by atoms with Crippen molar-refractivity contribution in [2.75, 3.05) is 0 Å². The molecule has 0 aliphatic carbocycles. The third kappa shape index (κ3) is 2.76. The lowest BCUT2D eigenvalue weighted by Crippen LogP contribution is -2.30. The summed E-state index contributed by atoms with van der Waals surface area (Å²) in [6.45, 7) is 0.119. The molecule has 3 rings (SSSR count). The molecule has 7 heteroatoms. The van der Waals surface area contributed by atoms with Gasteiger partial charge in [-0.1, -0.05) is 29.8 Å². The van der Waals surface area contributed by atoms with Crippen molar-refractivity contribution in [2.24, 2.45) is 0 Å². The van der Waals surface area contributed by atoms with Gasteiger partial charge >= 0.3 is 11.7 Å². The predicted octanol–water partition coefficient (Wildman–Crippen LogP) is 2.09. The van der Waals surface area contributed by atoms with Gasteiger partial charge in [0.1, 0.15) is 0 Å². The number of nitrogens with one attached hydrogen (secondary N) is 1. The number of halogens is 1. The van der Waals surface area contributed by atoms with Crippen molar-refractivity contribution in [3.63, 3.8) is 0 Å². The van der Waals surface area contributed by atoms with Gasteiger partial charge in [-0.2, -0.15) is 0 Å². The molecule has 0 saturated heterocycles. The zero-order valence-corrected chi connectivity index (χ0v) is 12.5. The van der Waals surface area contributed by atoms with E-state index in [9.17, 15) is 14.4 Å². The van der Waals surface area contributed by atoms with Crippen LogP contribution in [-0.4, -0.2) is 20.6 Å². The number of aromatic nitrogens is 2. The molecule has 0 atom stereocenters. The van der Waals surface area contributed by atoms with Crippen LogP contribution >= 0.6 is 11.6 Å². The molecule has 0 fully saturated rings. The number of carboxylic acid groups (broad SMARTS) is 1. The minimum Gasteiger partial charge on any atom is -0.478 e. The quantitative estimate of drug-likeness (QED) is 0.769. The minimum atomic E-state index is -1.05. The molecule has 0 spiro atoms. The number of benzene rings is 2. The molecule has 1 heterocycles. The molecule has 0 radical (unpaired) electrons. The maximum Gasteiger partial charge on any atom is 0.335 e. The lowest BCUT2D eigenvalue weighted by atomic mass is 10.1. The predicted molar refractivity (Wildman–Crippen MR) is 86.3 cm³/mol. The summed E-state index contributed by atoms with van der Waals surface area (Å²) in [5.74, 6) is -1.05. The van der Waals surface area contributed by atoms with Crippen LogP contribution in [0.25, 0.3) is 10.9 Å². The number of carbonyl (C=O) groups is 1. The second kappa shape index (κ2) is 5.73. The molecule has 0 bridgehead atoms. The number of aromatic amines is 1. The van der Waals surface area contributed by atoms with E-state index in [0.29, 0.717) is 11.1 Å². The first-order chi connectivity index (χ1) is 11.0. The van der Waals surface area contributed by atoms with Crippen LogP contribution in [0, 0.1) is 0 Å². The van der Waals surface area contributed by atoms with Crippen molar-refractivity contribution < 1.29 is 9.90 Å². The molecule has 23 heavy (non-hydrogen) atoms. The van der Waals surface area contributed by atoms with Gasteiger partial charge in [-0.3, -0.25) is 14.3 Å². The van der Waals surface area contributed by atoms with E-state index < -0.39 is 17.2 Å². The van der Waals surface area contributed by atoms with E-state index in [1.54, 1.807) is 30.3 Å². The van der Waals surface area contributed by atoms with Gasteiger partial charge in [0.15, 0.2) is 0 Å². The van der Waals surface area contributed by atoms with Crippen molar-refractivity contribution in [3.05, 3.63) is 79.5 Å². The minimum absolute atomic E-state index is 0.119. The van der Waals surface area contributed by atoms with E-state index in [1.165, 1.54) is 16.7 Å². The summed E-state index contributed by atoms with van der Waals surface area (Å²) in [6.07, 6.45) is 0. The van der Waals surface area contributed by atoms with Crippen LogP contribution in [0.4, 0.5) is 0 Å². The molecule has 0 unspecified atom stereocenters. The maximum absolute atomic E-state index is 12.1. The van der Waals surface area contributed by atoms with Crippen LogP contribution in [0.5, 0.6) is 0 Å². The fourth-order valence-electron chi connectivity index (χ4n) is 2.44. The lowest BCUT2D eigenvalue weighted by molar-refractivity contribution is 0.0696. The molecule has 6 nitrogen and oxygen atoms in total. The first-order valence-electron chi connectivity index (χ1n) is 6.71.